The number of H-pyrrole nitrogens is 2. The summed E-state index contributed by atoms with van der Waals surface area (Å²) in [5.41, 5.74) is 12.9. The number of nitrogens with zero attached hydrogens (tertiary/aromatic N) is 2. The van der Waals surface area contributed by atoms with Crippen LogP contribution in [-0.2, 0) is 6.42 Å². The van der Waals surface area contributed by atoms with E-state index in [2.05, 4.69) is 137 Å². The van der Waals surface area contributed by atoms with Crippen LogP contribution in [0.15, 0.2) is 137 Å². The molecule has 5 aromatic rings. The number of benzene rings is 3. The third kappa shape index (κ3) is 3.61. The minimum absolute atomic E-state index is 0.0166. The van der Waals surface area contributed by atoms with Gasteiger partial charge in [0.15, 0.2) is 0 Å². The van der Waals surface area contributed by atoms with Crippen LogP contribution in [0.25, 0.3) is 16.7 Å². The molecule has 3 atom stereocenters. The predicted octanol–water partition coefficient (Wildman–Crippen LogP) is 5.73. The Hall–Kier alpha value is -5.22. The molecule has 4 heteroatoms. The van der Waals surface area contributed by atoms with Crippen LogP contribution in [-0.4, -0.2) is 33.5 Å². The van der Waals surface area contributed by atoms with E-state index in [0.717, 1.165) is 39.7 Å². The van der Waals surface area contributed by atoms with Crippen molar-refractivity contribution in [2.24, 2.45) is 9.98 Å². The second-order valence-electron chi connectivity index (χ2n) is 11.5. The van der Waals surface area contributed by atoms with Gasteiger partial charge < -0.3 is 9.97 Å². The van der Waals surface area contributed by atoms with Crippen molar-refractivity contribution in [3.8, 4) is 0 Å². The number of allylic oxidation sites excluding steroid dienone is 2. The zero-order valence-electron chi connectivity index (χ0n) is 23.0. The third-order valence-electron chi connectivity index (χ3n) is 8.95. The lowest BCUT2D eigenvalue weighted by Crippen LogP contribution is -2.21. The van der Waals surface area contributed by atoms with Crippen molar-refractivity contribution in [2.75, 3.05) is 0 Å². The van der Waals surface area contributed by atoms with Gasteiger partial charge in [-0.05, 0) is 58.7 Å². The van der Waals surface area contributed by atoms with Gasteiger partial charge in [-0.15, -0.1) is 0 Å². The normalized spacial score (nSPS) is 24.3. The number of hydrogen-bond donors (Lipinski definition) is 2. The maximum Gasteiger partial charge on any atom is 0.0820 e. The Kier molecular flexibility index (Phi) is 5.12. The van der Waals surface area contributed by atoms with E-state index in [9.17, 15) is 0 Å². The van der Waals surface area contributed by atoms with Gasteiger partial charge >= 0.3 is 0 Å². The van der Waals surface area contributed by atoms with Crippen LogP contribution < -0.4 is 10.7 Å². The summed E-state index contributed by atoms with van der Waals surface area (Å²) in [7, 11) is 0. The molecule has 0 fully saturated rings. The van der Waals surface area contributed by atoms with Crippen molar-refractivity contribution in [1.29, 1.82) is 0 Å². The fourth-order valence-electron chi connectivity index (χ4n) is 7.10. The summed E-state index contributed by atoms with van der Waals surface area (Å²) in [4.78, 5) is 18.3. The number of aromatic nitrogens is 2. The van der Waals surface area contributed by atoms with Crippen LogP contribution in [0.5, 0.6) is 0 Å². The standard InChI is InChI=1S/C38H28N4/c1-3-9-23(10-4-1)35-30-17-15-25(39-30)21-26-16-18-31(40-26)36(24-11-5-2-6-12-24)34-22-29-27-13-7-8-14-28(27)37(38(29)42-34)33-20-19-32(35)41-33/h1-20,22,25,34,36,40-41H,21H2/b35-32-,37-33-. The number of aromatic amines is 2. The molecule has 0 amide bonds. The smallest absolute Gasteiger partial charge is 0.0820 e. The quantitative estimate of drug-likeness (QED) is 0.288. The zero-order valence-corrected chi connectivity index (χ0v) is 23.0. The molecule has 0 spiro atoms. The van der Waals surface area contributed by atoms with Crippen LogP contribution >= 0.6 is 0 Å². The Balaban J connectivity index is 1.35. The summed E-state index contributed by atoms with van der Waals surface area (Å²) in [6.07, 6.45) is 7.64. The highest BCUT2D eigenvalue weighted by Gasteiger charge is 2.37. The highest BCUT2D eigenvalue weighted by Crippen LogP contribution is 2.44. The summed E-state index contributed by atoms with van der Waals surface area (Å²) in [5.74, 6) is 0.0854. The minimum atomic E-state index is -0.0166. The molecule has 3 aliphatic heterocycles. The summed E-state index contributed by atoms with van der Waals surface area (Å²) >= 11 is 0. The van der Waals surface area contributed by atoms with E-state index >= 15 is 0 Å². The molecular weight excluding hydrogens is 512 g/mol. The highest BCUT2D eigenvalue weighted by atomic mass is 14.9. The largest absolute Gasteiger partial charge is 0.362 e. The molecule has 42 heavy (non-hydrogen) atoms. The van der Waals surface area contributed by atoms with Crippen molar-refractivity contribution in [2.45, 2.75) is 24.4 Å². The lowest BCUT2D eigenvalue weighted by molar-refractivity contribution is 0.690. The average Bonchev–Trinajstić information content (AvgIpc) is 3.86. The Bertz CT molecular complexity index is 2120. The van der Waals surface area contributed by atoms with Gasteiger partial charge in [0.2, 0.25) is 0 Å². The maximum absolute atomic E-state index is 5.50. The average molecular weight is 541 g/mol. The lowest BCUT2D eigenvalue weighted by Gasteiger charge is -2.21. The highest BCUT2D eigenvalue weighted by molar-refractivity contribution is 6.50. The Labute approximate surface area is 243 Å². The molecule has 5 heterocycles. The second-order valence-corrected chi connectivity index (χ2v) is 11.5. The van der Waals surface area contributed by atoms with Crippen molar-refractivity contribution in [1.82, 2.24) is 9.97 Å². The minimum Gasteiger partial charge on any atom is -0.362 e. The first-order valence-corrected chi connectivity index (χ1v) is 14.7. The van der Waals surface area contributed by atoms with Crippen LogP contribution in [0, 0.1) is 0 Å². The molecule has 0 saturated carbocycles. The molecule has 4 nitrogen and oxygen atoms in total. The molecule has 9 rings (SSSR count). The number of fused-ring (bicyclic) bond motifs is 9. The summed E-state index contributed by atoms with van der Waals surface area (Å²) in [5, 5.41) is 2.15. The lowest BCUT2D eigenvalue weighted by atomic mass is 9.88. The number of hydrogen-bond acceptors (Lipinski definition) is 2. The van der Waals surface area contributed by atoms with Crippen molar-refractivity contribution < 1.29 is 0 Å². The maximum atomic E-state index is 5.50. The summed E-state index contributed by atoms with van der Waals surface area (Å²) in [6, 6.07) is 39.1. The molecule has 8 bridgehead atoms. The van der Waals surface area contributed by atoms with Crippen molar-refractivity contribution in [3.63, 3.8) is 0 Å². The molecule has 4 aliphatic rings. The van der Waals surface area contributed by atoms with Gasteiger partial charge in [0, 0.05) is 45.2 Å². The van der Waals surface area contributed by atoms with E-state index in [0.29, 0.717) is 0 Å². The molecule has 3 unspecified atom stereocenters. The summed E-state index contributed by atoms with van der Waals surface area (Å²) in [6.45, 7) is 0. The predicted molar refractivity (Wildman–Crippen MR) is 170 cm³/mol. The molecular formula is C38H28N4. The summed E-state index contributed by atoms with van der Waals surface area (Å²) < 4.78 is 0. The van der Waals surface area contributed by atoms with Gasteiger partial charge in [-0.2, -0.15) is 0 Å². The Morgan fingerprint density at radius 2 is 1.38 bits per heavy atom. The molecule has 2 N–H and O–H groups in total. The van der Waals surface area contributed by atoms with Crippen LogP contribution in [0.4, 0.5) is 0 Å². The molecule has 2 aromatic heterocycles. The first-order chi connectivity index (χ1) is 20.8. The number of aliphatic imine (C=N–C) groups is 2. The Morgan fingerprint density at radius 1 is 0.643 bits per heavy atom. The van der Waals surface area contributed by atoms with Gasteiger partial charge in [0.1, 0.15) is 0 Å². The van der Waals surface area contributed by atoms with Gasteiger partial charge in [0.05, 0.1) is 29.4 Å². The first kappa shape index (κ1) is 23.5. The van der Waals surface area contributed by atoms with Crippen molar-refractivity contribution in [3.05, 3.63) is 172 Å². The molecule has 1 aliphatic carbocycles. The van der Waals surface area contributed by atoms with E-state index in [1.54, 1.807) is 0 Å². The molecule has 0 radical (unpaired) electrons. The van der Waals surface area contributed by atoms with Crippen LogP contribution in [0.1, 0.15) is 39.6 Å². The number of nitrogens with one attached hydrogen (secondary N) is 2. The molecule has 0 saturated heterocycles. The molecule has 200 valence electrons. The van der Waals surface area contributed by atoms with E-state index < -0.39 is 0 Å². The monoisotopic (exact) mass is 540 g/mol. The number of rotatable bonds is 2. The van der Waals surface area contributed by atoms with Gasteiger partial charge in [-0.25, -0.2) is 0 Å². The van der Waals surface area contributed by atoms with Crippen LogP contribution in [0.2, 0.25) is 0 Å². The zero-order chi connectivity index (χ0) is 27.6. The Morgan fingerprint density at radius 3 is 2.21 bits per heavy atom. The van der Waals surface area contributed by atoms with Crippen molar-refractivity contribution >= 4 is 28.1 Å². The van der Waals surface area contributed by atoms with E-state index in [1.165, 1.54) is 39.2 Å². The van der Waals surface area contributed by atoms with Gasteiger partial charge in [0.25, 0.3) is 0 Å². The molecule has 3 aromatic carbocycles. The SMILES string of the molecule is C1=CC2Cc3ccc([nH]3)C(c3ccccc3)C3C=C4C(=N3)/C(=c3/cc/c([nH]3)=C(\c3ccccc3)C1=N2)c1ccccc14. The topological polar surface area (TPSA) is 56.3 Å². The second kappa shape index (κ2) is 9.15. The fraction of sp³-hybridized carbons (Fsp3) is 0.105. The fourth-order valence-corrected chi connectivity index (χ4v) is 7.10. The van der Waals surface area contributed by atoms with Crippen LogP contribution in [0.3, 0.4) is 0 Å². The van der Waals surface area contributed by atoms with Gasteiger partial charge in [-0.1, -0.05) is 91.0 Å². The van der Waals surface area contributed by atoms with Gasteiger partial charge in [-0.3, -0.25) is 9.98 Å². The first-order valence-electron chi connectivity index (χ1n) is 14.7. The van der Waals surface area contributed by atoms with E-state index in [1.807, 2.05) is 0 Å². The third-order valence-corrected chi connectivity index (χ3v) is 8.95. The van der Waals surface area contributed by atoms with E-state index in [4.69, 9.17) is 9.98 Å². The van der Waals surface area contributed by atoms with E-state index in [-0.39, 0.29) is 18.0 Å².